The van der Waals surface area contributed by atoms with Crippen LogP contribution in [0.2, 0.25) is 0 Å². The van der Waals surface area contributed by atoms with Crippen LogP contribution in [0.1, 0.15) is 49.3 Å². The van der Waals surface area contributed by atoms with E-state index in [1.54, 1.807) is 6.20 Å². The summed E-state index contributed by atoms with van der Waals surface area (Å²) in [5.74, 6) is 0.827. The van der Waals surface area contributed by atoms with Crippen molar-refractivity contribution in [3.63, 3.8) is 0 Å². The Morgan fingerprint density at radius 3 is 2.53 bits per heavy atom. The summed E-state index contributed by atoms with van der Waals surface area (Å²) in [7, 11) is 0. The molecule has 7 nitrogen and oxygen atoms in total. The fourth-order valence-electron chi connectivity index (χ4n) is 4.85. The van der Waals surface area contributed by atoms with Crippen LogP contribution in [0.3, 0.4) is 0 Å². The maximum Gasteiger partial charge on any atom is 0.224 e. The van der Waals surface area contributed by atoms with E-state index in [-0.39, 0.29) is 18.0 Å². The molecule has 3 heterocycles. The summed E-state index contributed by atoms with van der Waals surface area (Å²) in [6, 6.07) is 23.9. The molecule has 2 atom stereocenters. The van der Waals surface area contributed by atoms with Crippen LogP contribution in [0.25, 0.3) is 5.69 Å². The van der Waals surface area contributed by atoms with Crippen molar-refractivity contribution in [1.82, 2.24) is 14.9 Å². The number of hydrogen-bond donors (Lipinski definition) is 2. The quantitative estimate of drug-likeness (QED) is 0.271. The molecule has 1 saturated heterocycles. The van der Waals surface area contributed by atoms with Gasteiger partial charge in [-0.2, -0.15) is 0 Å². The molecule has 0 radical (unpaired) electrons. The average molecular weight is 526 g/mol. The number of rotatable bonds is 8. The number of benzene rings is 2. The SMILES string of the molecule is CCOc1ccc(-n2cccc2[C@@H]2[C@@H](c3ccccn3)NC(=S)N2c2ccc(NC(=O)CC)c(C)c2)cc1. The van der Waals surface area contributed by atoms with Crippen LogP contribution in [-0.2, 0) is 4.79 Å². The van der Waals surface area contributed by atoms with Gasteiger partial charge in [-0.3, -0.25) is 9.78 Å². The zero-order chi connectivity index (χ0) is 26.6. The molecule has 5 rings (SSSR count). The Labute approximate surface area is 228 Å². The lowest BCUT2D eigenvalue weighted by Gasteiger charge is -2.29. The molecule has 0 aliphatic carbocycles. The van der Waals surface area contributed by atoms with Gasteiger partial charge in [-0.25, -0.2) is 0 Å². The Bertz CT molecular complexity index is 1430. The van der Waals surface area contributed by atoms with Gasteiger partial charge in [0, 0.05) is 41.6 Å². The normalized spacial score (nSPS) is 16.8. The molecule has 0 bridgehead atoms. The van der Waals surface area contributed by atoms with E-state index in [2.05, 4.69) is 61.6 Å². The number of carbonyl (C=O) groups is 1. The van der Waals surface area contributed by atoms with Crippen molar-refractivity contribution in [1.29, 1.82) is 0 Å². The minimum absolute atomic E-state index is 0.0134. The molecule has 2 N–H and O–H groups in total. The average Bonchev–Trinajstić information content (AvgIpc) is 3.55. The fraction of sp³-hybridized carbons (Fsp3) is 0.233. The number of carbonyl (C=O) groups excluding carboxylic acids is 1. The number of amides is 1. The molecule has 2 aromatic heterocycles. The Morgan fingerprint density at radius 1 is 1.05 bits per heavy atom. The van der Waals surface area contributed by atoms with Crippen molar-refractivity contribution in [3.05, 3.63) is 102 Å². The maximum atomic E-state index is 12.0. The number of aromatic nitrogens is 2. The van der Waals surface area contributed by atoms with Crippen LogP contribution in [0.4, 0.5) is 11.4 Å². The number of hydrogen-bond acceptors (Lipinski definition) is 4. The molecule has 4 aromatic rings. The van der Waals surface area contributed by atoms with Gasteiger partial charge in [0.2, 0.25) is 5.91 Å². The topological polar surface area (TPSA) is 71.4 Å². The number of thiocarbonyl (C=S) groups is 1. The lowest BCUT2D eigenvalue weighted by molar-refractivity contribution is -0.115. The number of nitrogens with zero attached hydrogens (tertiary/aromatic N) is 3. The molecule has 0 unspecified atom stereocenters. The van der Waals surface area contributed by atoms with Crippen molar-refractivity contribution < 1.29 is 9.53 Å². The van der Waals surface area contributed by atoms with E-state index in [1.807, 2.05) is 63.2 Å². The Balaban J connectivity index is 1.58. The molecule has 38 heavy (non-hydrogen) atoms. The van der Waals surface area contributed by atoms with E-state index < -0.39 is 0 Å². The molecule has 1 aliphatic heterocycles. The van der Waals surface area contributed by atoms with Gasteiger partial charge in [-0.1, -0.05) is 13.0 Å². The van der Waals surface area contributed by atoms with Gasteiger partial charge in [-0.05, 0) is 98.4 Å². The summed E-state index contributed by atoms with van der Waals surface area (Å²) in [6.45, 7) is 6.44. The van der Waals surface area contributed by atoms with Gasteiger partial charge in [0.25, 0.3) is 0 Å². The lowest BCUT2D eigenvalue weighted by atomic mass is 10.00. The highest BCUT2D eigenvalue weighted by Gasteiger charge is 2.42. The standard InChI is InChI=1S/C30H31N5O2S/c1-4-27(36)32-24-16-13-22(19-20(24)3)35-29(28(33-30(35)38)25-9-6-7-17-31-25)26-10-8-18-34(26)21-11-14-23(15-12-21)37-5-2/h6-19,28-29H,4-5H2,1-3H3,(H,32,36)(H,33,38)/t28-,29-/m1/s1. The summed E-state index contributed by atoms with van der Waals surface area (Å²) >= 11 is 5.91. The van der Waals surface area contributed by atoms with Gasteiger partial charge in [0.15, 0.2) is 5.11 Å². The summed E-state index contributed by atoms with van der Waals surface area (Å²) in [4.78, 5) is 18.8. The van der Waals surface area contributed by atoms with E-state index >= 15 is 0 Å². The highest BCUT2D eigenvalue weighted by molar-refractivity contribution is 7.80. The van der Waals surface area contributed by atoms with Crippen LogP contribution < -0.4 is 20.3 Å². The summed E-state index contributed by atoms with van der Waals surface area (Å²) in [5, 5.41) is 7.13. The number of pyridine rings is 1. The first kappa shape index (κ1) is 25.5. The van der Waals surface area contributed by atoms with E-state index in [1.165, 1.54) is 0 Å². The van der Waals surface area contributed by atoms with Gasteiger partial charge in [0.05, 0.1) is 18.3 Å². The van der Waals surface area contributed by atoms with Crippen molar-refractivity contribution in [2.24, 2.45) is 0 Å². The largest absolute Gasteiger partial charge is 0.494 e. The third-order valence-electron chi connectivity index (χ3n) is 6.69. The van der Waals surface area contributed by atoms with E-state index in [0.717, 1.165) is 39.8 Å². The summed E-state index contributed by atoms with van der Waals surface area (Å²) < 4.78 is 7.83. The minimum atomic E-state index is -0.172. The number of nitrogens with one attached hydrogen (secondary N) is 2. The van der Waals surface area contributed by atoms with Gasteiger partial charge in [-0.15, -0.1) is 0 Å². The third kappa shape index (κ3) is 4.99. The van der Waals surface area contributed by atoms with E-state index in [4.69, 9.17) is 17.0 Å². The summed E-state index contributed by atoms with van der Waals surface area (Å²) in [5.41, 5.74) is 5.71. The molecule has 1 aliphatic rings. The predicted molar refractivity (Wildman–Crippen MR) is 155 cm³/mol. The molecule has 1 fully saturated rings. The van der Waals surface area contributed by atoms with E-state index in [0.29, 0.717) is 18.1 Å². The van der Waals surface area contributed by atoms with Crippen molar-refractivity contribution in [2.45, 2.75) is 39.3 Å². The minimum Gasteiger partial charge on any atom is -0.494 e. The number of aryl methyl sites for hydroxylation is 1. The second-order valence-corrected chi connectivity index (χ2v) is 9.51. The van der Waals surface area contributed by atoms with Crippen molar-refractivity contribution in [3.8, 4) is 11.4 Å². The highest BCUT2D eigenvalue weighted by atomic mass is 32.1. The molecular weight excluding hydrogens is 494 g/mol. The van der Waals surface area contributed by atoms with Crippen LogP contribution >= 0.6 is 12.2 Å². The van der Waals surface area contributed by atoms with Gasteiger partial charge < -0.3 is 24.8 Å². The first-order valence-electron chi connectivity index (χ1n) is 12.8. The monoisotopic (exact) mass is 525 g/mol. The Morgan fingerprint density at radius 2 is 1.84 bits per heavy atom. The summed E-state index contributed by atoms with van der Waals surface area (Å²) in [6.07, 6.45) is 4.30. The predicted octanol–water partition coefficient (Wildman–Crippen LogP) is 6.11. The zero-order valence-corrected chi connectivity index (χ0v) is 22.5. The van der Waals surface area contributed by atoms with Gasteiger partial charge >= 0.3 is 0 Å². The number of anilines is 2. The second kappa shape index (κ2) is 11.1. The second-order valence-electron chi connectivity index (χ2n) is 9.13. The van der Waals surface area contributed by atoms with Gasteiger partial charge in [0.1, 0.15) is 11.8 Å². The third-order valence-corrected chi connectivity index (χ3v) is 7.01. The first-order valence-corrected chi connectivity index (χ1v) is 13.2. The lowest BCUT2D eigenvalue weighted by Crippen LogP contribution is -2.30. The molecule has 0 saturated carbocycles. The molecule has 2 aromatic carbocycles. The van der Waals surface area contributed by atoms with Crippen LogP contribution in [-0.4, -0.2) is 27.2 Å². The maximum absolute atomic E-state index is 12.0. The Hall–Kier alpha value is -4.17. The zero-order valence-electron chi connectivity index (χ0n) is 21.7. The fourth-order valence-corrected chi connectivity index (χ4v) is 5.20. The van der Waals surface area contributed by atoms with Crippen molar-refractivity contribution in [2.75, 3.05) is 16.8 Å². The first-order chi connectivity index (χ1) is 18.5. The highest BCUT2D eigenvalue weighted by Crippen LogP contribution is 2.43. The Kier molecular flexibility index (Phi) is 7.42. The molecular formula is C30H31N5O2S. The molecule has 8 heteroatoms. The van der Waals surface area contributed by atoms with Crippen LogP contribution in [0.5, 0.6) is 5.75 Å². The molecule has 194 valence electrons. The van der Waals surface area contributed by atoms with E-state index in [9.17, 15) is 4.79 Å². The van der Waals surface area contributed by atoms with Crippen LogP contribution in [0.15, 0.2) is 85.2 Å². The smallest absolute Gasteiger partial charge is 0.224 e. The molecule has 1 amide bonds. The number of ether oxygens (including phenoxy) is 1. The van der Waals surface area contributed by atoms with Crippen LogP contribution in [0, 0.1) is 6.92 Å². The molecule has 0 spiro atoms. The van der Waals surface area contributed by atoms with Crippen molar-refractivity contribution >= 4 is 34.6 Å².